The molecule has 1 N–H and O–H groups in total. The van der Waals surface area contributed by atoms with Crippen LogP contribution in [0, 0.1) is 5.92 Å². The molecule has 0 spiro atoms. The molecule has 0 bridgehead atoms. The Balaban J connectivity index is 1.29. The number of fused-ring (bicyclic) bond motifs is 1. The number of amides is 2. The summed E-state index contributed by atoms with van der Waals surface area (Å²) >= 11 is 0. The molecule has 1 fully saturated rings. The molecule has 2 aliphatic rings. The standard InChI is InChI=1S/C19H25N5O/c25-19(20-12-17-8-7-16-5-1-2-6-18(16)17)23-10-3-4-15(13-23)14-24-11-9-21-22-24/h1-2,5-6,9,11,15,17H,3-4,7-8,10,12-14H2,(H,20,25). The summed E-state index contributed by atoms with van der Waals surface area (Å²) < 4.78 is 1.86. The third kappa shape index (κ3) is 3.67. The molecule has 132 valence electrons. The Kier molecular flexibility index (Phi) is 4.68. The van der Waals surface area contributed by atoms with E-state index in [1.807, 2.05) is 15.8 Å². The van der Waals surface area contributed by atoms with Crippen LogP contribution in [-0.4, -0.2) is 45.6 Å². The molecule has 2 atom stereocenters. The van der Waals surface area contributed by atoms with Gasteiger partial charge in [-0.15, -0.1) is 5.10 Å². The van der Waals surface area contributed by atoms with Gasteiger partial charge >= 0.3 is 6.03 Å². The van der Waals surface area contributed by atoms with Crippen molar-refractivity contribution in [1.29, 1.82) is 0 Å². The highest BCUT2D eigenvalue weighted by Crippen LogP contribution is 2.32. The maximum atomic E-state index is 12.6. The third-order valence-electron chi connectivity index (χ3n) is 5.48. The minimum Gasteiger partial charge on any atom is -0.337 e. The van der Waals surface area contributed by atoms with Crippen LogP contribution in [0.2, 0.25) is 0 Å². The van der Waals surface area contributed by atoms with Gasteiger partial charge in [0.15, 0.2) is 0 Å². The number of aryl methyl sites for hydroxylation is 1. The van der Waals surface area contributed by atoms with Crippen LogP contribution < -0.4 is 5.32 Å². The maximum absolute atomic E-state index is 12.6. The summed E-state index contributed by atoms with van der Waals surface area (Å²) in [7, 11) is 0. The second-order valence-corrected chi connectivity index (χ2v) is 7.20. The average Bonchev–Trinajstić information content (AvgIpc) is 3.30. The van der Waals surface area contributed by atoms with Crippen molar-refractivity contribution >= 4 is 6.03 Å². The number of aromatic nitrogens is 3. The highest BCUT2D eigenvalue weighted by Gasteiger charge is 2.26. The van der Waals surface area contributed by atoms with E-state index in [1.165, 1.54) is 11.1 Å². The van der Waals surface area contributed by atoms with Gasteiger partial charge in [-0.1, -0.05) is 29.5 Å². The van der Waals surface area contributed by atoms with Crippen LogP contribution in [0.1, 0.15) is 36.3 Å². The number of carbonyl (C=O) groups is 1. The van der Waals surface area contributed by atoms with Crippen LogP contribution in [-0.2, 0) is 13.0 Å². The van der Waals surface area contributed by atoms with Crippen LogP contribution >= 0.6 is 0 Å². The minimum absolute atomic E-state index is 0.0765. The first-order valence-corrected chi connectivity index (χ1v) is 9.24. The molecule has 0 radical (unpaired) electrons. The van der Waals surface area contributed by atoms with E-state index in [1.54, 1.807) is 6.20 Å². The predicted molar refractivity (Wildman–Crippen MR) is 95.2 cm³/mol. The van der Waals surface area contributed by atoms with Crippen molar-refractivity contribution in [2.75, 3.05) is 19.6 Å². The number of hydrogen-bond acceptors (Lipinski definition) is 3. The van der Waals surface area contributed by atoms with Crippen molar-refractivity contribution in [2.45, 2.75) is 38.1 Å². The van der Waals surface area contributed by atoms with Crippen molar-refractivity contribution in [2.24, 2.45) is 5.92 Å². The molecule has 25 heavy (non-hydrogen) atoms. The second kappa shape index (κ2) is 7.25. The van der Waals surface area contributed by atoms with Crippen LogP contribution in [0.5, 0.6) is 0 Å². The summed E-state index contributed by atoms with van der Waals surface area (Å²) in [5.41, 5.74) is 2.85. The zero-order valence-electron chi connectivity index (χ0n) is 14.5. The molecule has 0 saturated carbocycles. The number of urea groups is 1. The van der Waals surface area contributed by atoms with E-state index < -0.39 is 0 Å². The predicted octanol–water partition coefficient (Wildman–Crippen LogP) is 2.43. The Morgan fingerprint density at radius 3 is 3.08 bits per heavy atom. The van der Waals surface area contributed by atoms with E-state index in [4.69, 9.17) is 0 Å². The molecule has 6 heteroatoms. The van der Waals surface area contributed by atoms with Gasteiger partial charge in [-0.3, -0.25) is 4.68 Å². The first-order chi connectivity index (χ1) is 12.3. The van der Waals surface area contributed by atoms with Gasteiger partial charge in [-0.05, 0) is 42.7 Å². The normalized spacial score (nSPS) is 22.6. The number of rotatable bonds is 4. The van der Waals surface area contributed by atoms with Crippen molar-refractivity contribution in [3.63, 3.8) is 0 Å². The quantitative estimate of drug-likeness (QED) is 0.930. The van der Waals surface area contributed by atoms with E-state index in [0.29, 0.717) is 11.8 Å². The topological polar surface area (TPSA) is 63.1 Å². The van der Waals surface area contributed by atoms with Crippen molar-refractivity contribution in [3.05, 3.63) is 47.8 Å². The Labute approximate surface area is 148 Å². The lowest BCUT2D eigenvalue weighted by Crippen LogP contribution is -2.47. The van der Waals surface area contributed by atoms with Crippen LogP contribution in [0.3, 0.4) is 0 Å². The Morgan fingerprint density at radius 1 is 1.28 bits per heavy atom. The molecule has 2 aromatic rings. The smallest absolute Gasteiger partial charge is 0.317 e. The lowest BCUT2D eigenvalue weighted by molar-refractivity contribution is 0.157. The fourth-order valence-corrected chi connectivity index (χ4v) is 4.17. The molecular weight excluding hydrogens is 314 g/mol. The average molecular weight is 339 g/mol. The number of nitrogens with one attached hydrogen (secondary N) is 1. The maximum Gasteiger partial charge on any atom is 0.317 e. The van der Waals surface area contributed by atoms with Crippen molar-refractivity contribution in [1.82, 2.24) is 25.2 Å². The van der Waals surface area contributed by atoms with Crippen LogP contribution in [0.25, 0.3) is 0 Å². The summed E-state index contributed by atoms with van der Waals surface area (Å²) in [6.07, 6.45) is 8.04. The molecule has 1 aliphatic heterocycles. The second-order valence-electron chi connectivity index (χ2n) is 7.20. The summed E-state index contributed by atoms with van der Waals surface area (Å²) in [6.45, 7) is 3.22. The van der Waals surface area contributed by atoms with Gasteiger partial charge in [0.2, 0.25) is 0 Å². The highest BCUT2D eigenvalue weighted by molar-refractivity contribution is 5.74. The minimum atomic E-state index is 0.0765. The molecule has 2 unspecified atom stereocenters. The van der Waals surface area contributed by atoms with Gasteiger partial charge < -0.3 is 10.2 Å². The molecule has 1 saturated heterocycles. The Morgan fingerprint density at radius 2 is 2.20 bits per heavy atom. The lowest BCUT2D eigenvalue weighted by atomic mass is 9.98. The Hall–Kier alpha value is -2.37. The third-order valence-corrected chi connectivity index (χ3v) is 5.48. The number of likely N-dealkylation sites (tertiary alicyclic amines) is 1. The SMILES string of the molecule is O=C(NCC1CCc2ccccc21)N1CCCC(Cn2ccnn2)C1. The first kappa shape index (κ1) is 16.1. The number of benzene rings is 1. The van der Waals surface area contributed by atoms with Crippen molar-refractivity contribution in [3.8, 4) is 0 Å². The lowest BCUT2D eigenvalue weighted by Gasteiger charge is -2.33. The molecule has 1 aromatic carbocycles. The van der Waals surface area contributed by atoms with Crippen LogP contribution in [0.15, 0.2) is 36.7 Å². The summed E-state index contributed by atoms with van der Waals surface area (Å²) in [6, 6.07) is 8.68. The molecule has 1 aromatic heterocycles. The molecule has 1 aliphatic carbocycles. The van der Waals surface area contributed by atoms with E-state index in [0.717, 1.165) is 51.9 Å². The van der Waals surface area contributed by atoms with E-state index in [9.17, 15) is 4.79 Å². The Bertz CT molecular complexity index is 714. The first-order valence-electron chi connectivity index (χ1n) is 9.24. The van der Waals surface area contributed by atoms with Gasteiger partial charge in [0, 0.05) is 38.3 Å². The van der Waals surface area contributed by atoms with E-state index in [2.05, 4.69) is 39.9 Å². The number of carbonyl (C=O) groups excluding carboxylic acids is 1. The number of nitrogens with zero attached hydrogens (tertiary/aromatic N) is 4. The zero-order chi connectivity index (χ0) is 17.1. The fraction of sp³-hybridized carbons (Fsp3) is 0.526. The molecule has 2 heterocycles. The number of piperidine rings is 1. The molecule has 4 rings (SSSR count). The monoisotopic (exact) mass is 339 g/mol. The molecule has 2 amide bonds. The molecular formula is C19H25N5O. The van der Waals surface area contributed by atoms with Crippen molar-refractivity contribution < 1.29 is 4.79 Å². The highest BCUT2D eigenvalue weighted by atomic mass is 16.2. The summed E-state index contributed by atoms with van der Waals surface area (Å²) in [5, 5.41) is 11.1. The summed E-state index contributed by atoms with van der Waals surface area (Å²) in [5.74, 6) is 0.907. The van der Waals surface area contributed by atoms with E-state index >= 15 is 0 Å². The van der Waals surface area contributed by atoms with Gasteiger partial charge in [0.1, 0.15) is 0 Å². The molecule has 6 nitrogen and oxygen atoms in total. The zero-order valence-corrected chi connectivity index (χ0v) is 14.5. The van der Waals surface area contributed by atoms with Gasteiger partial charge in [-0.2, -0.15) is 0 Å². The van der Waals surface area contributed by atoms with E-state index in [-0.39, 0.29) is 6.03 Å². The van der Waals surface area contributed by atoms with Gasteiger partial charge in [-0.25, -0.2) is 4.79 Å². The van der Waals surface area contributed by atoms with Crippen LogP contribution in [0.4, 0.5) is 4.79 Å². The van der Waals surface area contributed by atoms with Gasteiger partial charge in [0.25, 0.3) is 0 Å². The fourth-order valence-electron chi connectivity index (χ4n) is 4.17. The number of hydrogen-bond donors (Lipinski definition) is 1. The largest absolute Gasteiger partial charge is 0.337 e. The van der Waals surface area contributed by atoms with Gasteiger partial charge in [0.05, 0.1) is 6.20 Å². The summed E-state index contributed by atoms with van der Waals surface area (Å²) in [4.78, 5) is 14.6.